The zero-order valence-corrected chi connectivity index (χ0v) is 18.1. The minimum absolute atomic E-state index is 0.545. The molecule has 0 spiro atoms. The summed E-state index contributed by atoms with van der Waals surface area (Å²) in [5.74, 6) is 0.698. The Kier molecular flexibility index (Phi) is 6.77. The van der Waals surface area contributed by atoms with Gasteiger partial charge in [0.05, 0.1) is 34.1 Å². The first-order chi connectivity index (χ1) is 14.7. The summed E-state index contributed by atoms with van der Waals surface area (Å²) in [5, 5.41) is 5.41. The standard InChI is InChI=1S/C22H24Cl2N4O2/c23-18-5-3-6-19(21(18)24)27-12-10-26(11-13-27)8-1-2-14-30-20-7-4-9-28-22(20)17(16-29)15-25-28/h3-7,9,15-16H,1-2,8,10-14H2. The van der Waals surface area contributed by atoms with Crippen molar-refractivity contribution < 1.29 is 9.53 Å². The van der Waals surface area contributed by atoms with Crippen molar-refractivity contribution in [3.8, 4) is 5.75 Å². The molecule has 30 heavy (non-hydrogen) atoms. The van der Waals surface area contributed by atoms with Crippen LogP contribution in [0.3, 0.4) is 0 Å². The van der Waals surface area contributed by atoms with Crippen LogP contribution in [0.25, 0.3) is 5.52 Å². The Morgan fingerprint density at radius 1 is 1.07 bits per heavy atom. The molecule has 158 valence electrons. The molecule has 0 aliphatic carbocycles. The largest absolute Gasteiger partial charge is 0.491 e. The second-order valence-electron chi connectivity index (χ2n) is 7.34. The topological polar surface area (TPSA) is 50.1 Å². The van der Waals surface area contributed by atoms with Crippen molar-refractivity contribution in [3.63, 3.8) is 0 Å². The fourth-order valence-corrected chi connectivity index (χ4v) is 4.22. The second-order valence-corrected chi connectivity index (χ2v) is 8.13. The molecule has 6 nitrogen and oxygen atoms in total. The van der Waals surface area contributed by atoms with Gasteiger partial charge in [0.1, 0.15) is 11.3 Å². The van der Waals surface area contributed by atoms with Crippen molar-refractivity contribution in [1.82, 2.24) is 14.5 Å². The normalized spacial score (nSPS) is 14.9. The lowest BCUT2D eigenvalue weighted by Gasteiger charge is -2.36. The average Bonchev–Trinajstić information content (AvgIpc) is 3.20. The molecule has 0 saturated carbocycles. The number of hydrogen-bond acceptors (Lipinski definition) is 5. The van der Waals surface area contributed by atoms with E-state index in [4.69, 9.17) is 27.9 Å². The molecule has 0 amide bonds. The molecule has 1 aliphatic heterocycles. The highest BCUT2D eigenvalue weighted by molar-refractivity contribution is 6.43. The first kappa shape index (κ1) is 21.0. The smallest absolute Gasteiger partial charge is 0.153 e. The van der Waals surface area contributed by atoms with E-state index in [1.807, 2.05) is 36.5 Å². The number of ether oxygens (including phenoxy) is 1. The number of hydrogen-bond donors (Lipinski definition) is 0. The lowest BCUT2D eigenvalue weighted by Crippen LogP contribution is -2.46. The number of benzene rings is 1. The monoisotopic (exact) mass is 446 g/mol. The van der Waals surface area contributed by atoms with Gasteiger partial charge >= 0.3 is 0 Å². The van der Waals surface area contributed by atoms with E-state index in [1.165, 1.54) is 0 Å². The maximum Gasteiger partial charge on any atom is 0.153 e. The van der Waals surface area contributed by atoms with E-state index in [-0.39, 0.29) is 0 Å². The molecule has 4 rings (SSSR count). The molecular formula is C22H24Cl2N4O2. The number of unbranched alkanes of at least 4 members (excludes halogenated alkanes) is 1. The third kappa shape index (κ3) is 4.56. The number of anilines is 1. The van der Waals surface area contributed by atoms with Gasteiger partial charge in [0.2, 0.25) is 0 Å². The van der Waals surface area contributed by atoms with Gasteiger partial charge in [-0.2, -0.15) is 5.10 Å². The van der Waals surface area contributed by atoms with Crippen molar-refractivity contribution in [1.29, 1.82) is 0 Å². The molecule has 1 fully saturated rings. The number of carbonyl (C=O) groups is 1. The van der Waals surface area contributed by atoms with E-state index in [0.717, 1.165) is 63.1 Å². The Morgan fingerprint density at radius 2 is 1.90 bits per heavy atom. The molecule has 3 heterocycles. The molecule has 0 bridgehead atoms. The van der Waals surface area contributed by atoms with Crippen molar-refractivity contribution in [3.05, 3.63) is 58.3 Å². The Bertz CT molecular complexity index is 1020. The summed E-state index contributed by atoms with van der Waals surface area (Å²) in [7, 11) is 0. The first-order valence-corrected chi connectivity index (χ1v) is 10.9. The average molecular weight is 447 g/mol. The number of aldehydes is 1. The van der Waals surface area contributed by atoms with Crippen LogP contribution in [0.4, 0.5) is 5.69 Å². The van der Waals surface area contributed by atoms with E-state index in [9.17, 15) is 4.79 Å². The predicted octanol–water partition coefficient (Wildman–Crippen LogP) is 4.43. The van der Waals surface area contributed by atoms with E-state index in [1.54, 1.807) is 10.7 Å². The number of piperazine rings is 1. The Hall–Kier alpha value is -2.28. The van der Waals surface area contributed by atoms with Gasteiger partial charge in [0.25, 0.3) is 0 Å². The number of fused-ring (bicyclic) bond motifs is 1. The van der Waals surface area contributed by atoms with Crippen LogP contribution in [0.1, 0.15) is 23.2 Å². The second kappa shape index (κ2) is 9.69. The SMILES string of the molecule is O=Cc1cnn2cccc(OCCCCN3CCN(c4cccc(Cl)c4Cl)CC3)c12. The summed E-state index contributed by atoms with van der Waals surface area (Å²) < 4.78 is 7.61. The van der Waals surface area contributed by atoms with E-state index < -0.39 is 0 Å². The highest BCUT2D eigenvalue weighted by Gasteiger charge is 2.19. The Labute approximate surface area is 185 Å². The van der Waals surface area contributed by atoms with Crippen LogP contribution in [0, 0.1) is 0 Å². The third-order valence-corrected chi connectivity index (χ3v) is 6.24. The van der Waals surface area contributed by atoms with E-state index in [0.29, 0.717) is 28.0 Å². The number of rotatable bonds is 8. The van der Waals surface area contributed by atoms with Gasteiger partial charge in [-0.15, -0.1) is 0 Å². The zero-order valence-electron chi connectivity index (χ0n) is 16.6. The molecule has 1 aliphatic rings. The predicted molar refractivity (Wildman–Crippen MR) is 120 cm³/mol. The van der Waals surface area contributed by atoms with Crippen LogP contribution in [0.15, 0.2) is 42.7 Å². The van der Waals surface area contributed by atoms with Gasteiger partial charge in [0.15, 0.2) is 6.29 Å². The zero-order chi connectivity index (χ0) is 20.9. The number of nitrogens with zero attached hydrogens (tertiary/aromatic N) is 4. The molecule has 0 atom stereocenters. The number of pyridine rings is 1. The van der Waals surface area contributed by atoms with Crippen molar-refractivity contribution in [2.24, 2.45) is 0 Å². The summed E-state index contributed by atoms with van der Waals surface area (Å²) >= 11 is 12.5. The van der Waals surface area contributed by atoms with E-state index in [2.05, 4.69) is 14.9 Å². The minimum atomic E-state index is 0.545. The van der Waals surface area contributed by atoms with Crippen LogP contribution >= 0.6 is 23.2 Å². The van der Waals surface area contributed by atoms with Gasteiger partial charge in [-0.3, -0.25) is 9.69 Å². The quantitative estimate of drug-likeness (QED) is 0.378. The number of carbonyl (C=O) groups excluding carboxylic acids is 1. The van der Waals surface area contributed by atoms with Gasteiger partial charge < -0.3 is 9.64 Å². The molecular weight excluding hydrogens is 423 g/mol. The molecule has 0 N–H and O–H groups in total. The summed E-state index contributed by atoms with van der Waals surface area (Å²) in [5.41, 5.74) is 2.28. The molecule has 8 heteroatoms. The summed E-state index contributed by atoms with van der Waals surface area (Å²) in [6.45, 7) is 5.53. The first-order valence-electron chi connectivity index (χ1n) is 10.1. The molecule has 3 aromatic rings. The lowest BCUT2D eigenvalue weighted by atomic mass is 10.2. The molecule has 0 unspecified atom stereocenters. The minimum Gasteiger partial charge on any atom is -0.491 e. The van der Waals surface area contributed by atoms with Crippen LogP contribution in [0.2, 0.25) is 10.0 Å². The van der Waals surface area contributed by atoms with Crippen LogP contribution < -0.4 is 9.64 Å². The fraction of sp³-hybridized carbons (Fsp3) is 0.364. The number of halogens is 2. The number of aromatic nitrogens is 2. The van der Waals surface area contributed by atoms with Crippen LogP contribution in [-0.2, 0) is 0 Å². The third-order valence-electron chi connectivity index (χ3n) is 5.43. The molecule has 1 saturated heterocycles. The maximum absolute atomic E-state index is 11.2. The summed E-state index contributed by atoms with van der Waals surface area (Å²) in [6.07, 6.45) is 6.19. The van der Waals surface area contributed by atoms with Gasteiger partial charge in [-0.25, -0.2) is 4.52 Å². The van der Waals surface area contributed by atoms with Crippen LogP contribution in [0.5, 0.6) is 5.75 Å². The molecule has 0 radical (unpaired) electrons. The van der Waals surface area contributed by atoms with Crippen molar-refractivity contribution >= 4 is 40.7 Å². The van der Waals surface area contributed by atoms with Gasteiger partial charge in [-0.1, -0.05) is 29.3 Å². The van der Waals surface area contributed by atoms with Crippen molar-refractivity contribution in [2.45, 2.75) is 12.8 Å². The van der Waals surface area contributed by atoms with Crippen molar-refractivity contribution in [2.75, 3.05) is 44.2 Å². The lowest BCUT2D eigenvalue weighted by molar-refractivity contribution is 0.112. The highest BCUT2D eigenvalue weighted by atomic mass is 35.5. The van der Waals surface area contributed by atoms with Gasteiger partial charge in [-0.05, 0) is 43.7 Å². The Morgan fingerprint density at radius 3 is 2.70 bits per heavy atom. The fourth-order valence-electron chi connectivity index (χ4n) is 3.81. The maximum atomic E-state index is 11.2. The van der Waals surface area contributed by atoms with E-state index >= 15 is 0 Å². The highest BCUT2D eigenvalue weighted by Crippen LogP contribution is 2.32. The van der Waals surface area contributed by atoms with Gasteiger partial charge in [0, 0.05) is 32.4 Å². The molecule has 1 aromatic carbocycles. The summed E-state index contributed by atoms with van der Waals surface area (Å²) in [4.78, 5) is 16.0. The summed E-state index contributed by atoms with van der Waals surface area (Å²) in [6, 6.07) is 9.54. The Balaban J connectivity index is 1.21. The van der Waals surface area contributed by atoms with Crippen LogP contribution in [-0.4, -0.2) is 60.1 Å². The molecule has 2 aromatic heterocycles.